The van der Waals surface area contributed by atoms with Crippen molar-refractivity contribution in [1.29, 1.82) is 5.26 Å². The van der Waals surface area contributed by atoms with Gasteiger partial charge in [0.15, 0.2) is 5.78 Å². The van der Waals surface area contributed by atoms with E-state index in [1.54, 1.807) is 17.7 Å². The number of nitriles is 1. The van der Waals surface area contributed by atoms with Gasteiger partial charge >= 0.3 is 0 Å². The number of nitrogens with zero attached hydrogens (tertiary/aromatic N) is 3. The Hall–Kier alpha value is -3.43. The van der Waals surface area contributed by atoms with Gasteiger partial charge in [0, 0.05) is 64.1 Å². The molecular weight excluding hydrogens is 863 g/mol. The maximum Gasteiger partial charge on any atom is 0.162 e. The number of aliphatic hydroxyl groups excluding tert-OH is 1. The first-order chi connectivity index (χ1) is 24.6. The third-order valence-electron chi connectivity index (χ3n) is 9.94. The fourth-order valence-corrected chi connectivity index (χ4v) is 9.07. The molecule has 2 aromatic heterocycles. The van der Waals surface area contributed by atoms with Crippen LogP contribution in [0.4, 0.5) is 0 Å². The quantitative estimate of drug-likeness (QED) is 0.0904. The molecule has 2 heterocycles. The molecule has 0 aliphatic rings. The molecule has 54 heavy (non-hydrogen) atoms. The van der Waals surface area contributed by atoms with Crippen LogP contribution < -0.4 is 0 Å². The molecular formula is C47H60IrN3O2S-. The number of allylic oxidation sites excluding steroid dienone is 2. The van der Waals surface area contributed by atoms with E-state index in [1.807, 2.05) is 18.2 Å². The van der Waals surface area contributed by atoms with Crippen LogP contribution in [0.2, 0.25) is 0 Å². The minimum atomic E-state index is -0.0929. The van der Waals surface area contributed by atoms with Gasteiger partial charge in [-0.25, -0.2) is 4.98 Å². The number of carbonyl (C=O) groups is 1. The van der Waals surface area contributed by atoms with Gasteiger partial charge in [-0.2, -0.15) is 5.26 Å². The van der Waals surface area contributed by atoms with Crippen molar-refractivity contribution in [1.82, 2.24) is 9.97 Å². The third-order valence-corrected chi connectivity index (χ3v) is 11.1. The molecule has 0 unspecified atom stereocenters. The van der Waals surface area contributed by atoms with Gasteiger partial charge in [0.1, 0.15) is 6.33 Å². The Bertz CT molecular complexity index is 2140. The standard InChI is InChI=1S/C30H28N3S.C17H32O2.Ir/c1-29(2,3)15-18-8-10-22-25(12-18)34-28-26(32-17-33-27(22)28)21-13-20-9-7-19(16-31)11-23(20)24(14-21)30(4,5)6;1-10(2)16(11(3)4)14(18)9-15(19)17(12(5)6)13(7)8;/h7-12,14,17H,15H2,1-6H3;9-13,16-18H,1-8H3;/q-1;;/b;14-9-;. The van der Waals surface area contributed by atoms with E-state index >= 15 is 0 Å². The van der Waals surface area contributed by atoms with Crippen molar-refractivity contribution in [2.45, 2.75) is 109 Å². The zero-order chi connectivity index (χ0) is 39.6. The van der Waals surface area contributed by atoms with Gasteiger partial charge in [0.2, 0.25) is 0 Å². The second-order valence-electron chi connectivity index (χ2n) is 18.3. The van der Waals surface area contributed by atoms with Crippen LogP contribution in [0, 0.1) is 58.3 Å². The smallest absolute Gasteiger partial charge is 0.162 e. The van der Waals surface area contributed by atoms with Crippen molar-refractivity contribution in [2.24, 2.45) is 40.9 Å². The summed E-state index contributed by atoms with van der Waals surface area (Å²) < 4.78 is 2.34. The SMILES string of the molecule is CC(C)(C)Cc1ccc2c(c1)sc1c(-c3[c-]c4ccc(C#N)cc4c(C(C)(C)C)c3)ncnc12.CC(C)C(C(=O)/C=C(\O)C(C(C)C)C(C)C)C(C)C.[Ir]. The van der Waals surface area contributed by atoms with Crippen molar-refractivity contribution in [2.75, 3.05) is 0 Å². The summed E-state index contributed by atoms with van der Waals surface area (Å²) in [5.41, 5.74) is 6.23. The van der Waals surface area contributed by atoms with E-state index in [9.17, 15) is 15.2 Å². The minimum Gasteiger partial charge on any atom is -0.512 e. The predicted octanol–water partition coefficient (Wildman–Crippen LogP) is 13.1. The first-order valence-electron chi connectivity index (χ1n) is 19.1. The molecule has 291 valence electrons. The van der Waals surface area contributed by atoms with Gasteiger partial charge in [-0.3, -0.25) is 9.78 Å². The molecule has 0 aliphatic heterocycles. The molecule has 3 aromatic carbocycles. The van der Waals surface area contributed by atoms with E-state index in [1.165, 1.54) is 27.3 Å². The molecule has 0 amide bonds. The van der Waals surface area contributed by atoms with Gasteiger partial charge in [0.05, 0.1) is 17.3 Å². The largest absolute Gasteiger partial charge is 0.512 e. The van der Waals surface area contributed by atoms with Crippen molar-refractivity contribution >= 4 is 48.2 Å². The molecule has 0 saturated carbocycles. The minimum absolute atomic E-state index is 0. The summed E-state index contributed by atoms with van der Waals surface area (Å²) in [5, 5.41) is 22.9. The second-order valence-corrected chi connectivity index (χ2v) is 19.3. The van der Waals surface area contributed by atoms with E-state index < -0.39 is 0 Å². The summed E-state index contributed by atoms with van der Waals surface area (Å²) in [4.78, 5) is 21.7. The predicted molar refractivity (Wildman–Crippen MR) is 225 cm³/mol. The molecule has 5 aromatic rings. The average Bonchev–Trinajstić information content (AvgIpc) is 3.40. The van der Waals surface area contributed by atoms with Gasteiger partial charge < -0.3 is 5.11 Å². The van der Waals surface area contributed by atoms with Crippen LogP contribution in [0.25, 0.3) is 42.3 Å². The Morgan fingerprint density at radius 1 is 0.852 bits per heavy atom. The summed E-state index contributed by atoms with van der Waals surface area (Å²) in [5.74, 6) is 1.63. The first kappa shape index (κ1) is 45.0. The number of hydrogen-bond acceptors (Lipinski definition) is 6. The summed E-state index contributed by atoms with van der Waals surface area (Å²) in [7, 11) is 0. The molecule has 0 fully saturated rings. The number of hydrogen-bond donors (Lipinski definition) is 1. The van der Waals surface area contributed by atoms with Crippen LogP contribution in [-0.4, -0.2) is 20.9 Å². The summed E-state index contributed by atoms with van der Waals surface area (Å²) >= 11 is 1.76. The van der Waals surface area contributed by atoms with Crippen molar-refractivity contribution in [3.63, 3.8) is 0 Å². The van der Waals surface area contributed by atoms with E-state index in [2.05, 4.69) is 138 Å². The second kappa shape index (κ2) is 18.0. The Balaban J connectivity index is 0.000000338. The number of benzene rings is 3. The zero-order valence-electron chi connectivity index (χ0n) is 34.8. The van der Waals surface area contributed by atoms with Gasteiger partial charge in [-0.05, 0) is 52.6 Å². The monoisotopic (exact) mass is 923 g/mol. The topological polar surface area (TPSA) is 86.9 Å². The van der Waals surface area contributed by atoms with Gasteiger partial charge in [-0.1, -0.05) is 132 Å². The molecule has 0 bridgehead atoms. The van der Waals surface area contributed by atoms with Gasteiger partial charge in [0.25, 0.3) is 0 Å². The van der Waals surface area contributed by atoms with Crippen molar-refractivity contribution in [3.05, 3.63) is 83.4 Å². The maximum atomic E-state index is 12.3. The summed E-state index contributed by atoms with van der Waals surface area (Å²) in [6.07, 6.45) is 4.18. The number of aromatic nitrogens is 2. The van der Waals surface area contributed by atoms with Crippen LogP contribution in [0.3, 0.4) is 0 Å². The fraction of sp³-hybridized carbons (Fsp3) is 0.489. The van der Waals surface area contributed by atoms with E-state index in [0.29, 0.717) is 29.2 Å². The van der Waals surface area contributed by atoms with Crippen LogP contribution in [-0.2, 0) is 36.7 Å². The summed E-state index contributed by atoms with van der Waals surface area (Å²) in [6, 6.07) is 20.6. The molecule has 0 saturated heterocycles. The Labute approximate surface area is 342 Å². The number of ketones is 1. The molecule has 1 N–H and O–H groups in total. The first-order valence-corrected chi connectivity index (χ1v) is 20.0. The third kappa shape index (κ3) is 10.7. The van der Waals surface area contributed by atoms with E-state index in [-0.39, 0.29) is 54.3 Å². The van der Waals surface area contributed by atoms with Crippen LogP contribution in [0.5, 0.6) is 0 Å². The normalized spacial score (nSPS) is 12.7. The van der Waals surface area contributed by atoms with E-state index in [0.717, 1.165) is 38.7 Å². The number of carbonyl (C=O) groups excluding carboxylic acids is 1. The number of aliphatic hydroxyl groups is 1. The Morgan fingerprint density at radius 2 is 1.46 bits per heavy atom. The molecule has 7 heteroatoms. The zero-order valence-corrected chi connectivity index (χ0v) is 38.0. The molecule has 5 rings (SSSR count). The maximum absolute atomic E-state index is 12.3. The van der Waals surface area contributed by atoms with Gasteiger partial charge in [-0.15, -0.1) is 40.5 Å². The molecule has 0 aliphatic carbocycles. The molecule has 5 nitrogen and oxygen atoms in total. The van der Waals surface area contributed by atoms with Crippen molar-refractivity contribution < 1.29 is 30.0 Å². The van der Waals surface area contributed by atoms with Crippen LogP contribution >= 0.6 is 11.3 Å². The number of fused-ring (bicyclic) bond motifs is 4. The van der Waals surface area contributed by atoms with Crippen molar-refractivity contribution in [3.8, 4) is 17.3 Å². The number of rotatable bonds is 9. The van der Waals surface area contributed by atoms with Crippen LogP contribution in [0.1, 0.15) is 114 Å². The number of thiophene rings is 1. The molecule has 0 spiro atoms. The average molecular weight is 923 g/mol. The fourth-order valence-electron chi connectivity index (χ4n) is 7.85. The van der Waals surface area contributed by atoms with Crippen LogP contribution in [0.15, 0.2) is 60.6 Å². The Morgan fingerprint density at radius 3 is 2.00 bits per heavy atom. The summed E-state index contributed by atoms with van der Waals surface area (Å²) in [6.45, 7) is 30.0. The van der Waals surface area contributed by atoms with E-state index in [4.69, 9.17) is 4.98 Å². The molecule has 1 radical (unpaired) electrons. The Kier molecular flexibility index (Phi) is 15.0. The molecule has 0 atom stereocenters.